The summed E-state index contributed by atoms with van der Waals surface area (Å²) in [5.41, 5.74) is 0.643. The molecule has 0 spiro atoms. The summed E-state index contributed by atoms with van der Waals surface area (Å²) in [4.78, 5) is 25.4. The molecule has 1 aromatic heterocycles. The summed E-state index contributed by atoms with van der Waals surface area (Å²) >= 11 is 0. The minimum absolute atomic E-state index is 0.220. The molecule has 1 heterocycles. The van der Waals surface area contributed by atoms with E-state index in [9.17, 15) is 14.9 Å². The first-order chi connectivity index (χ1) is 10.1. The van der Waals surface area contributed by atoms with Crippen LogP contribution in [0.1, 0.15) is 21.5 Å². The van der Waals surface area contributed by atoms with Crippen LogP contribution in [0.5, 0.6) is 0 Å². The van der Waals surface area contributed by atoms with Crippen molar-refractivity contribution in [3.8, 4) is 0 Å². The molecule has 0 fully saturated rings. The minimum Gasteiger partial charge on any atom is -0.477 e. The Kier molecular flexibility index (Phi) is 4.57. The van der Waals surface area contributed by atoms with E-state index in [1.807, 2.05) is 6.07 Å². The molecule has 0 aliphatic heterocycles. The molecule has 7 nitrogen and oxygen atoms in total. The Labute approximate surface area is 120 Å². The number of nitro benzene ring substituents is 1. The molecule has 0 saturated heterocycles. The fourth-order valence-corrected chi connectivity index (χ4v) is 1.98. The highest BCUT2D eigenvalue weighted by Crippen LogP contribution is 2.22. The van der Waals surface area contributed by atoms with Crippen LogP contribution in [0.4, 0.5) is 5.69 Å². The van der Waals surface area contributed by atoms with E-state index in [4.69, 9.17) is 5.11 Å². The zero-order chi connectivity index (χ0) is 15.2. The number of nitrogens with one attached hydrogen (secondary N) is 1. The summed E-state index contributed by atoms with van der Waals surface area (Å²) < 4.78 is 0. The highest BCUT2D eigenvalue weighted by atomic mass is 16.6. The van der Waals surface area contributed by atoms with E-state index in [-0.39, 0.29) is 12.1 Å². The van der Waals surface area contributed by atoms with Crippen molar-refractivity contribution in [3.05, 3.63) is 69.5 Å². The van der Waals surface area contributed by atoms with Gasteiger partial charge in [-0.15, -0.1) is 0 Å². The molecular weight excluding hydrogens is 274 g/mol. The van der Waals surface area contributed by atoms with Gasteiger partial charge in [0.2, 0.25) is 0 Å². The van der Waals surface area contributed by atoms with Gasteiger partial charge >= 0.3 is 5.97 Å². The second kappa shape index (κ2) is 6.58. The van der Waals surface area contributed by atoms with Gasteiger partial charge in [0.1, 0.15) is 5.56 Å². The molecule has 0 saturated carbocycles. The smallest absolute Gasteiger partial charge is 0.343 e. The second-order valence-corrected chi connectivity index (χ2v) is 4.34. The maximum Gasteiger partial charge on any atom is 0.343 e. The number of pyridine rings is 1. The first-order valence-electron chi connectivity index (χ1n) is 6.19. The number of aromatic nitrogens is 1. The van der Waals surface area contributed by atoms with Crippen LogP contribution in [-0.4, -0.2) is 21.0 Å². The molecule has 0 atom stereocenters. The number of hydrogen-bond acceptors (Lipinski definition) is 5. The zero-order valence-corrected chi connectivity index (χ0v) is 11.0. The largest absolute Gasteiger partial charge is 0.477 e. The molecule has 21 heavy (non-hydrogen) atoms. The molecule has 0 unspecified atom stereocenters. The summed E-state index contributed by atoms with van der Waals surface area (Å²) in [6.07, 6.45) is 3.35. The Morgan fingerprint density at radius 1 is 1.29 bits per heavy atom. The van der Waals surface area contributed by atoms with Gasteiger partial charge in [0.05, 0.1) is 4.92 Å². The van der Waals surface area contributed by atoms with Crippen LogP contribution in [0.15, 0.2) is 42.7 Å². The SMILES string of the molecule is O=C(O)c1c(CNCc2cccnc2)cccc1[N+](=O)[O-]. The number of carboxylic acids is 1. The van der Waals surface area contributed by atoms with Crippen molar-refractivity contribution in [2.45, 2.75) is 13.1 Å². The summed E-state index contributed by atoms with van der Waals surface area (Å²) in [5, 5.41) is 23.1. The Morgan fingerprint density at radius 3 is 2.71 bits per heavy atom. The Balaban J connectivity index is 2.14. The predicted octanol–water partition coefficient (Wildman–Crippen LogP) is 1.98. The van der Waals surface area contributed by atoms with Crippen molar-refractivity contribution in [1.29, 1.82) is 0 Å². The van der Waals surface area contributed by atoms with Crippen LogP contribution in [0.2, 0.25) is 0 Å². The summed E-state index contributed by atoms with van der Waals surface area (Å²) in [5.74, 6) is -1.31. The van der Waals surface area contributed by atoms with E-state index in [1.165, 1.54) is 12.1 Å². The molecule has 0 radical (unpaired) electrons. The molecule has 2 rings (SSSR count). The fourth-order valence-electron chi connectivity index (χ4n) is 1.98. The standard InChI is InChI=1S/C14H13N3O4/c18-14(19)13-11(4-1-5-12(13)17(20)21)9-16-8-10-3-2-6-15-7-10/h1-7,16H,8-9H2,(H,18,19). The third-order valence-corrected chi connectivity index (χ3v) is 2.91. The van der Waals surface area contributed by atoms with Gasteiger partial charge in [0.25, 0.3) is 5.69 Å². The minimum atomic E-state index is -1.31. The van der Waals surface area contributed by atoms with Gasteiger partial charge < -0.3 is 10.4 Å². The lowest BCUT2D eigenvalue weighted by atomic mass is 10.1. The van der Waals surface area contributed by atoms with Crippen molar-refractivity contribution in [1.82, 2.24) is 10.3 Å². The van der Waals surface area contributed by atoms with Gasteiger partial charge in [-0.3, -0.25) is 15.1 Å². The normalized spacial score (nSPS) is 10.3. The van der Waals surface area contributed by atoms with E-state index in [0.717, 1.165) is 5.56 Å². The Morgan fingerprint density at radius 2 is 2.10 bits per heavy atom. The van der Waals surface area contributed by atoms with E-state index in [0.29, 0.717) is 12.1 Å². The Hall–Kier alpha value is -2.80. The molecule has 108 valence electrons. The first kappa shape index (κ1) is 14.6. The lowest BCUT2D eigenvalue weighted by Gasteiger charge is -2.08. The number of carbonyl (C=O) groups is 1. The predicted molar refractivity (Wildman–Crippen MR) is 74.8 cm³/mol. The highest BCUT2D eigenvalue weighted by Gasteiger charge is 2.22. The topological polar surface area (TPSA) is 105 Å². The number of rotatable bonds is 6. The summed E-state index contributed by atoms with van der Waals surface area (Å²) in [6.45, 7) is 0.716. The summed E-state index contributed by atoms with van der Waals surface area (Å²) in [7, 11) is 0. The molecule has 0 amide bonds. The maximum atomic E-state index is 11.2. The molecule has 0 aliphatic carbocycles. The van der Waals surface area contributed by atoms with Crippen LogP contribution in [0.3, 0.4) is 0 Å². The number of nitro groups is 1. The van der Waals surface area contributed by atoms with Gasteiger partial charge in [0.15, 0.2) is 0 Å². The van der Waals surface area contributed by atoms with Crippen molar-refractivity contribution in [2.75, 3.05) is 0 Å². The first-order valence-corrected chi connectivity index (χ1v) is 6.19. The average Bonchev–Trinajstić information content (AvgIpc) is 2.47. The van der Waals surface area contributed by atoms with E-state index in [1.54, 1.807) is 24.5 Å². The lowest BCUT2D eigenvalue weighted by Crippen LogP contribution is -2.16. The van der Waals surface area contributed by atoms with Crippen LogP contribution < -0.4 is 5.32 Å². The average molecular weight is 287 g/mol. The van der Waals surface area contributed by atoms with Gasteiger partial charge in [0, 0.05) is 31.5 Å². The molecule has 0 aliphatic rings. The van der Waals surface area contributed by atoms with Crippen molar-refractivity contribution >= 4 is 11.7 Å². The van der Waals surface area contributed by atoms with Gasteiger partial charge in [-0.25, -0.2) is 4.79 Å². The van der Waals surface area contributed by atoms with Crippen molar-refractivity contribution in [2.24, 2.45) is 0 Å². The molecule has 7 heteroatoms. The lowest BCUT2D eigenvalue weighted by molar-refractivity contribution is -0.385. The monoisotopic (exact) mass is 287 g/mol. The second-order valence-electron chi connectivity index (χ2n) is 4.34. The fraction of sp³-hybridized carbons (Fsp3) is 0.143. The van der Waals surface area contributed by atoms with Crippen LogP contribution in [0.25, 0.3) is 0 Å². The van der Waals surface area contributed by atoms with Gasteiger partial charge in [-0.2, -0.15) is 0 Å². The van der Waals surface area contributed by atoms with Gasteiger partial charge in [-0.1, -0.05) is 18.2 Å². The number of aromatic carboxylic acids is 1. The molecule has 0 bridgehead atoms. The maximum absolute atomic E-state index is 11.2. The van der Waals surface area contributed by atoms with Gasteiger partial charge in [-0.05, 0) is 17.2 Å². The van der Waals surface area contributed by atoms with Crippen LogP contribution >= 0.6 is 0 Å². The number of hydrogen-bond donors (Lipinski definition) is 2. The van der Waals surface area contributed by atoms with E-state index < -0.39 is 16.6 Å². The third kappa shape index (κ3) is 3.61. The quantitative estimate of drug-likeness (QED) is 0.621. The zero-order valence-electron chi connectivity index (χ0n) is 11.0. The third-order valence-electron chi connectivity index (χ3n) is 2.91. The van der Waals surface area contributed by atoms with Crippen molar-refractivity contribution in [3.63, 3.8) is 0 Å². The molecule has 1 aromatic carbocycles. The van der Waals surface area contributed by atoms with Crippen LogP contribution in [-0.2, 0) is 13.1 Å². The van der Waals surface area contributed by atoms with Crippen molar-refractivity contribution < 1.29 is 14.8 Å². The molecular formula is C14H13N3O4. The number of nitrogens with zero attached hydrogens (tertiary/aromatic N) is 2. The Bertz CT molecular complexity index is 659. The highest BCUT2D eigenvalue weighted by molar-refractivity contribution is 5.94. The van der Waals surface area contributed by atoms with E-state index >= 15 is 0 Å². The molecule has 2 aromatic rings. The van der Waals surface area contributed by atoms with E-state index in [2.05, 4.69) is 10.3 Å². The number of carboxylic acid groups (broad SMARTS) is 1. The number of benzene rings is 1. The van der Waals surface area contributed by atoms with Crippen LogP contribution in [0, 0.1) is 10.1 Å². The summed E-state index contributed by atoms with van der Waals surface area (Å²) in [6, 6.07) is 7.91. The molecule has 2 N–H and O–H groups in total.